The first-order chi connectivity index (χ1) is 33.4. The Kier molecular flexibility index (Phi) is 16.3. The smallest absolute Gasteiger partial charge is 0.307 e. The molecule has 2 atom stereocenters. The first kappa shape index (κ1) is 49.3. The lowest BCUT2D eigenvalue weighted by atomic mass is 9.67. The summed E-state index contributed by atoms with van der Waals surface area (Å²) in [4.78, 5) is 56.1. The van der Waals surface area contributed by atoms with Gasteiger partial charge in [-0.1, -0.05) is 210 Å². The van der Waals surface area contributed by atoms with Crippen molar-refractivity contribution in [1.82, 2.24) is 10.6 Å². The lowest BCUT2D eigenvalue weighted by molar-refractivity contribution is -0.671. The molecule has 0 bridgehead atoms. The summed E-state index contributed by atoms with van der Waals surface area (Å²) in [6, 6.07) is 60.3. The van der Waals surface area contributed by atoms with Gasteiger partial charge in [0.05, 0.1) is 35.8 Å². The van der Waals surface area contributed by atoms with E-state index in [4.69, 9.17) is 9.47 Å². The molecule has 6 aromatic carbocycles. The van der Waals surface area contributed by atoms with Crippen LogP contribution in [0.25, 0.3) is 0 Å². The van der Waals surface area contributed by atoms with E-state index in [1.807, 2.05) is 210 Å². The maximum Gasteiger partial charge on any atom is 0.307 e. The van der Waals surface area contributed by atoms with Gasteiger partial charge in [0.25, 0.3) is 11.8 Å². The summed E-state index contributed by atoms with van der Waals surface area (Å²) in [6.45, 7) is 7.70. The number of nitrogens with one attached hydrogen (secondary N) is 2. The highest BCUT2D eigenvalue weighted by Crippen LogP contribution is 2.44. The summed E-state index contributed by atoms with van der Waals surface area (Å²) in [5.74, 6) is -1.87. The monoisotopic (exact) mass is 920 g/mol. The average molecular weight is 921 g/mol. The highest BCUT2D eigenvalue weighted by Gasteiger charge is 2.41. The minimum absolute atomic E-state index is 0.0310. The Morgan fingerprint density at radius 2 is 0.681 bits per heavy atom. The van der Waals surface area contributed by atoms with Gasteiger partial charge in [-0.2, -0.15) is 0 Å². The second-order valence-electron chi connectivity index (χ2n) is 18.4. The van der Waals surface area contributed by atoms with Crippen molar-refractivity contribution < 1.29 is 33.2 Å². The van der Waals surface area contributed by atoms with Crippen LogP contribution in [0, 0.1) is 11.8 Å². The van der Waals surface area contributed by atoms with E-state index in [1.54, 1.807) is 30.1 Å². The van der Waals surface area contributed by atoms with E-state index in [0.29, 0.717) is 0 Å². The predicted molar refractivity (Wildman–Crippen MR) is 269 cm³/mol. The van der Waals surface area contributed by atoms with Crippen molar-refractivity contribution in [1.29, 1.82) is 0 Å². The lowest BCUT2D eigenvalue weighted by Crippen LogP contribution is -2.45. The van der Waals surface area contributed by atoms with E-state index in [9.17, 15) is 19.2 Å². The molecule has 0 aliphatic heterocycles. The van der Waals surface area contributed by atoms with Gasteiger partial charge in [-0.25, -0.2) is 4.57 Å². The van der Waals surface area contributed by atoms with Crippen LogP contribution in [-0.2, 0) is 36.9 Å². The van der Waals surface area contributed by atoms with Crippen LogP contribution in [0.2, 0.25) is 0 Å². The van der Waals surface area contributed by atoms with Gasteiger partial charge >= 0.3 is 11.9 Å². The molecule has 0 spiro atoms. The van der Waals surface area contributed by atoms with Crippen molar-refractivity contribution in [2.24, 2.45) is 18.9 Å². The maximum atomic E-state index is 14.1. The number of aromatic nitrogens is 1. The largest absolute Gasteiger partial charge is 0.463 e. The van der Waals surface area contributed by atoms with Gasteiger partial charge in [0.1, 0.15) is 31.4 Å². The molecule has 7 rings (SSSR count). The van der Waals surface area contributed by atoms with Crippen molar-refractivity contribution >= 4 is 23.8 Å². The SMILES string of the molecule is CC(C)[C@@H](COC(=O)CC(c1ccccc1)(c1ccccc1)c1ccccc1)NC(=O)c1cc(C(=O)N[C@H](COC(=O)CC(c2ccccc2)(c2ccccc2)c2ccccc2)C(C)C)c[n+](C)c1. The number of carbonyl (C=O) groups is 4. The van der Waals surface area contributed by atoms with Gasteiger partial charge in [-0.15, -0.1) is 0 Å². The topological polar surface area (TPSA) is 115 Å². The number of benzene rings is 6. The molecule has 0 aliphatic rings. The number of hydrogen-bond donors (Lipinski definition) is 2. The quantitative estimate of drug-likeness (QED) is 0.0447. The Bertz CT molecular complexity index is 2390. The minimum Gasteiger partial charge on any atom is -0.463 e. The zero-order chi connectivity index (χ0) is 48.8. The minimum atomic E-state index is -0.831. The second kappa shape index (κ2) is 22.9. The number of rotatable bonds is 20. The number of ether oxygens (including phenoxy) is 2. The highest BCUT2D eigenvalue weighted by atomic mass is 16.5. The van der Waals surface area contributed by atoms with Crippen LogP contribution in [0.5, 0.6) is 0 Å². The first-order valence-corrected chi connectivity index (χ1v) is 23.7. The van der Waals surface area contributed by atoms with Gasteiger partial charge in [-0.05, 0) is 51.3 Å². The molecule has 7 aromatic rings. The number of nitrogens with zero attached hydrogens (tertiary/aromatic N) is 1. The van der Waals surface area contributed by atoms with Crippen LogP contribution in [0.4, 0.5) is 0 Å². The normalized spacial score (nSPS) is 12.4. The van der Waals surface area contributed by atoms with E-state index in [0.717, 1.165) is 33.4 Å². The van der Waals surface area contributed by atoms with Gasteiger partial charge < -0.3 is 20.1 Å². The van der Waals surface area contributed by atoms with Crippen LogP contribution in [0.1, 0.15) is 94.6 Å². The fraction of sp³-hybridized carbons (Fsp3) is 0.250. The van der Waals surface area contributed by atoms with Crippen molar-refractivity contribution in [3.8, 4) is 0 Å². The van der Waals surface area contributed by atoms with Gasteiger partial charge in [0.15, 0.2) is 12.4 Å². The average Bonchev–Trinajstić information content (AvgIpc) is 3.38. The van der Waals surface area contributed by atoms with Crippen LogP contribution in [-0.4, -0.2) is 49.1 Å². The lowest BCUT2D eigenvalue weighted by Gasteiger charge is -2.35. The molecule has 0 aliphatic carbocycles. The van der Waals surface area contributed by atoms with E-state index >= 15 is 0 Å². The van der Waals surface area contributed by atoms with E-state index in [-0.39, 0.29) is 49.0 Å². The molecule has 0 unspecified atom stereocenters. The summed E-state index contributed by atoms with van der Waals surface area (Å²) < 4.78 is 13.8. The molecule has 9 nitrogen and oxygen atoms in total. The van der Waals surface area contributed by atoms with E-state index in [1.165, 1.54) is 0 Å². The zero-order valence-corrected chi connectivity index (χ0v) is 40.1. The fourth-order valence-corrected chi connectivity index (χ4v) is 9.12. The van der Waals surface area contributed by atoms with Crippen LogP contribution < -0.4 is 15.2 Å². The number of pyridine rings is 1. The van der Waals surface area contributed by atoms with Crippen molar-refractivity contribution in [3.05, 3.63) is 245 Å². The third kappa shape index (κ3) is 11.7. The molecule has 0 saturated heterocycles. The second-order valence-corrected chi connectivity index (χ2v) is 18.4. The fourth-order valence-electron chi connectivity index (χ4n) is 9.12. The number of amides is 2. The Morgan fingerprint density at radius 3 is 0.913 bits per heavy atom. The molecule has 2 amide bonds. The third-order valence-corrected chi connectivity index (χ3v) is 13.0. The van der Waals surface area contributed by atoms with Gasteiger partial charge in [0.2, 0.25) is 0 Å². The molecule has 352 valence electrons. The summed E-state index contributed by atoms with van der Waals surface area (Å²) in [6.07, 6.45) is 3.35. The van der Waals surface area contributed by atoms with Gasteiger partial charge in [-0.3, -0.25) is 19.2 Å². The molecule has 1 heterocycles. The number of esters is 2. The van der Waals surface area contributed by atoms with E-state index < -0.39 is 46.7 Å². The van der Waals surface area contributed by atoms with Crippen molar-refractivity contribution in [2.75, 3.05) is 13.2 Å². The number of hydrogen-bond acceptors (Lipinski definition) is 6. The Labute approximate surface area is 406 Å². The zero-order valence-electron chi connectivity index (χ0n) is 40.1. The Balaban J connectivity index is 1.03. The molecule has 69 heavy (non-hydrogen) atoms. The molecule has 0 radical (unpaired) electrons. The first-order valence-electron chi connectivity index (χ1n) is 23.7. The molecule has 0 fully saturated rings. The summed E-state index contributed by atoms with van der Waals surface area (Å²) in [7, 11) is 1.74. The molecule has 9 heteroatoms. The van der Waals surface area contributed by atoms with E-state index in [2.05, 4.69) is 10.6 Å². The Morgan fingerprint density at radius 1 is 0.435 bits per heavy atom. The van der Waals surface area contributed by atoms with Crippen LogP contribution in [0.3, 0.4) is 0 Å². The third-order valence-electron chi connectivity index (χ3n) is 13.0. The molecular weight excluding hydrogens is 859 g/mol. The van der Waals surface area contributed by atoms with Crippen LogP contribution >= 0.6 is 0 Å². The highest BCUT2D eigenvalue weighted by molar-refractivity contribution is 5.99. The molecule has 2 N–H and O–H groups in total. The molecular formula is C60H62N3O6+. The summed E-state index contributed by atoms with van der Waals surface area (Å²) >= 11 is 0. The summed E-state index contributed by atoms with van der Waals surface area (Å²) in [5.41, 5.74) is 4.59. The molecule has 0 saturated carbocycles. The molecule has 1 aromatic heterocycles. The van der Waals surface area contributed by atoms with Gasteiger partial charge in [0, 0.05) is 0 Å². The number of aryl methyl sites for hydroxylation is 1. The Hall–Kier alpha value is -7.65. The van der Waals surface area contributed by atoms with Crippen molar-refractivity contribution in [3.63, 3.8) is 0 Å². The van der Waals surface area contributed by atoms with Crippen molar-refractivity contribution in [2.45, 2.75) is 63.5 Å². The standard InChI is InChI=1S/C60H61N3O6/c1-43(2)53(41-68-55(64)37-59(47-24-12-6-13-25-47,48-26-14-7-15-27-48)49-28-16-8-17-29-49)61-57(66)45-36-46(40-63(5)39-45)58(67)62-54(44(3)4)42-69-56(65)38-60(50-30-18-9-19-31-50,51-32-20-10-21-33-51)52-34-22-11-23-35-52/h6-36,39-40,43-44,53-54H,37-38,41-42H2,1-5H3,(H-,61,62,66,67)/p+1/t53-,54-/m1/s1. The number of carbonyl (C=O) groups excluding carboxylic acids is 4. The maximum absolute atomic E-state index is 14.1. The summed E-state index contributed by atoms with van der Waals surface area (Å²) in [5, 5.41) is 6.13. The predicted octanol–water partition coefficient (Wildman–Crippen LogP) is 9.96. The van der Waals surface area contributed by atoms with Crippen LogP contribution in [0.15, 0.2) is 200 Å².